The summed E-state index contributed by atoms with van der Waals surface area (Å²) in [6, 6.07) is 15.9. The second-order valence-corrected chi connectivity index (χ2v) is 8.40. The Hall–Kier alpha value is -3.58. The van der Waals surface area contributed by atoms with Crippen LogP contribution in [0.1, 0.15) is 43.6 Å². The number of sulfone groups is 1. The van der Waals surface area contributed by atoms with E-state index in [0.29, 0.717) is 5.56 Å². The van der Waals surface area contributed by atoms with E-state index in [1.54, 1.807) is 18.2 Å². The number of benzene rings is 3. The average molecular weight is 406 g/mol. The summed E-state index contributed by atoms with van der Waals surface area (Å²) in [6.07, 6.45) is 0. The predicted molar refractivity (Wildman–Crippen MR) is 103 cm³/mol. The second kappa shape index (κ2) is 6.79. The summed E-state index contributed by atoms with van der Waals surface area (Å²) in [5.41, 5.74) is 0.480. The van der Waals surface area contributed by atoms with Crippen LogP contribution in [0.5, 0.6) is 5.75 Å². The molecule has 1 heterocycles. The highest BCUT2D eigenvalue weighted by Crippen LogP contribution is 2.34. The smallest absolute Gasteiger partial charge is 0.343 e. The Balaban J connectivity index is 1.73. The molecule has 3 aromatic rings. The molecule has 4 rings (SSSR count). The standard InChI is InChI=1S/C22H14O6S/c1-13(23)14-5-4-6-16(11-14)28-22(25)15-9-10-18-20(12-15)29(26,27)19-8-3-2-7-17(19)21(18)24/h2-12H,1H3. The van der Waals surface area contributed by atoms with Crippen LogP contribution in [0, 0.1) is 0 Å². The molecule has 0 aliphatic carbocycles. The van der Waals surface area contributed by atoms with Crippen molar-refractivity contribution in [3.63, 3.8) is 0 Å². The molecule has 0 spiro atoms. The van der Waals surface area contributed by atoms with Crippen molar-refractivity contribution in [2.24, 2.45) is 0 Å². The monoisotopic (exact) mass is 406 g/mol. The second-order valence-electron chi connectivity index (χ2n) is 6.51. The Morgan fingerprint density at radius 2 is 1.52 bits per heavy atom. The maximum absolute atomic E-state index is 13.0. The molecule has 29 heavy (non-hydrogen) atoms. The van der Waals surface area contributed by atoms with Gasteiger partial charge in [0.15, 0.2) is 11.6 Å². The number of hydrogen-bond acceptors (Lipinski definition) is 6. The first-order chi connectivity index (χ1) is 13.8. The molecule has 1 aliphatic heterocycles. The minimum Gasteiger partial charge on any atom is -0.423 e. The minimum absolute atomic E-state index is 0.0128. The van der Waals surface area contributed by atoms with E-state index in [0.717, 1.165) is 6.07 Å². The van der Waals surface area contributed by atoms with Gasteiger partial charge in [0.1, 0.15) is 5.75 Å². The van der Waals surface area contributed by atoms with E-state index >= 15 is 0 Å². The molecule has 0 saturated heterocycles. The quantitative estimate of drug-likeness (QED) is 0.294. The molecule has 0 radical (unpaired) electrons. The molecular weight excluding hydrogens is 392 g/mol. The summed E-state index contributed by atoms with van der Waals surface area (Å²) in [4.78, 5) is 36.4. The number of rotatable bonds is 3. The van der Waals surface area contributed by atoms with Crippen molar-refractivity contribution in [3.05, 3.63) is 89.0 Å². The fourth-order valence-corrected chi connectivity index (χ4v) is 4.83. The highest BCUT2D eigenvalue weighted by molar-refractivity contribution is 7.91. The van der Waals surface area contributed by atoms with E-state index in [-0.39, 0.29) is 38.0 Å². The summed E-state index contributed by atoms with van der Waals surface area (Å²) in [7, 11) is -3.95. The number of esters is 1. The van der Waals surface area contributed by atoms with Gasteiger partial charge < -0.3 is 4.74 Å². The predicted octanol–water partition coefficient (Wildman–Crippen LogP) is 3.49. The fourth-order valence-electron chi connectivity index (χ4n) is 3.16. The van der Waals surface area contributed by atoms with Gasteiger partial charge in [-0.3, -0.25) is 9.59 Å². The van der Waals surface area contributed by atoms with Crippen molar-refractivity contribution in [2.45, 2.75) is 16.7 Å². The summed E-state index contributed by atoms with van der Waals surface area (Å²) < 4.78 is 31.2. The lowest BCUT2D eigenvalue weighted by molar-refractivity contribution is 0.0733. The van der Waals surface area contributed by atoms with Crippen molar-refractivity contribution in [2.75, 3.05) is 0 Å². The van der Waals surface area contributed by atoms with Gasteiger partial charge in [-0.05, 0) is 49.4 Å². The molecule has 0 N–H and O–H groups in total. The Morgan fingerprint density at radius 1 is 0.793 bits per heavy atom. The van der Waals surface area contributed by atoms with Crippen molar-refractivity contribution in [1.29, 1.82) is 0 Å². The number of ketones is 2. The van der Waals surface area contributed by atoms with Gasteiger partial charge in [-0.15, -0.1) is 0 Å². The first kappa shape index (κ1) is 18.8. The molecule has 0 saturated carbocycles. The first-order valence-electron chi connectivity index (χ1n) is 8.65. The third-order valence-corrected chi connectivity index (χ3v) is 6.48. The molecule has 0 fully saturated rings. The summed E-state index contributed by atoms with van der Waals surface area (Å²) in [6.45, 7) is 1.39. The lowest BCUT2D eigenvalue weighted by Gasteiger charge is -2.19. The fraction of sp³-hybridized carbons (Fsp3) is 0.0455. The van der Waals surface area contributed by atoms with Gasteiger partial charge in [0.2, 0.25) is 9.84 Å². The summed E-state index contributed by atoms with van der Waals surface area (Å²) in [5.74, 6) is -1.24. The van der Waals surface area contributed by atoms with Gasteiger partial charge >= 0.3 is 5.97 Å². The van der Waals surface area contributed by atoms with Gasteiger partial charge in [-0.1, -0.05) is 24.3 Å². The maximum Gasteiger partial charge on any atom is 0.343 e. The van der Waals surface area contributed by atoms with Crippen molar-refractivity contribution >= 4 is 27.4 Å². The number of ether oxygens (including phenoxy) is 1. The number of carbonyl (C=O) groups is 3. The summed E-state index contributed by atoms with van der Waals surface area (Å²) >= 11 is 0. The van der Waals surface area contributed by atoms with E-state index < -0.39 is 21.6 Å². The zero-order chi connectivity index (χ0) is 20.8. The molecule has 144 valence electrons. The molecule has 0 unspecified atom stereocenters. The van der Waals surface area contributed by atoms with Gasteiger partial charge in [-0.25, -0.2) is 13.2 Å². The van der Waals surface area contributed by atoms with Crippen LogP contribution in [-0.4, -0.2) is 26.0 Å². The van der Waals surface area contributed by atoms with E-state index in [1.807, 2.05) is 0 Å². The summed E-state index contributed by atoms with van der Waals surface area (Å²) in [5, 5.41) is 0. The molecule has 1 aliphatic rings. The molecule has 0 bridgehead atoms. The van der Waals surface area contributed by atoms with Crippen molar-refractivity contribution in [1.82, 2.24) is 0 Å². The molecule has 3 aromatic carbocycles. The number of Topliss-reactive ketones (excluding diaryl/α,β-unsaturated/α-hetero) is 1. The van der Waals surface area contributed by atoms with Crippen LogP contribution in [-0.2, 0) is 9.84 Å². The van der Waals surface area contributed by atoms with E-state index in [1.165, 1.54) is 49.4 Å². The Labute approximate surface area is 166 Å². The van der Waals surface area contributed by atoms with E-state index in [4.69, 9.17) is 4.74 Å². The van der Waals surface area contributed by atoms with Gasteiger partial charge in [0.05, 0.1) is 15.4 Å². The number of hydrogen-bond donors (Lipinski definition) is 0. The third-order valence-electron chi connectivity index (χ3n) is 4.62. The molecule has 7 heteroatoms. The normalized spacial score (nSPS) is 13.9. The van der Waals surface area contributed by atoms with E-state index in [9.17, 15) is 22.8 Å². The first-order valence-corrected chi connectivity index (χ1v) is 10.1. The SMILES string of the molecule is CC(=O)c1cccc(OC(=O)c2ccc3c(c2)S(=O)(=O)c2ccccc2C3=O)c1. The Kier molecular flexibility index (Phi) is 4.39. The Morgan fingerprint density at radius 3 is 2.28 bits per heavy atom. The van der Waals surface area contributed by atoms with Crippen LogP contribution < -0.4 is 4.74 Å². The highest BCUT2D eigenvalue weighted by Gasteiger charge is 2.35. The zero-order valence-electron chi connectivity index (χ0n) is 15.2. The van der Waals surface area contributed by atoms with Gasteiger partial charge in [-0.2, -0.15) is 0 Å². The minimum atomic E-state index is -3.95. The van der Waals surface area contributed by atoms with Crippen molar-refractivity contribution < 1.29 is 27.5 Å². The van der Waals surface area contributed by atoms with Crippen LogP contribution >= 0.6 is 0 Å². The van der Waals surface area contributed by atoms with Crippen LogP contribution in [0.15, 0.2) is 76.5 Å². The highest BCUT2D eigenvalue weighted by atomic mass is 32.2. The molecule has 0 aromatic heterocycles. The topological polar surface area (TPSA) is 94.6 Å². The molecular formula is C22H14O6S. The molecule has 0 atom stereocenters. The Bertz CT molecular complexity index is 1300. The van der Waals surface area contributed by atoms with Gasteiger partial charge in [0, 0.05) is 16.7 Å². The number of carbonyl (C=O) groups excluding carboxylic acids is 3. The third kappa shape index (κ3) is 3.15. The maximum atomic E-state index is 13.0. The van der Waals surface area contributed by atoms with Crippen LogP contribution in [0.3, 0.4) is 0 Å². The van der Waals surface area contributed by atoms with Crippen LogP contribution in [0.25, 0.3) is 0 Å². The van der Waals surface area contributed by atoms with Crippen LogP contribution in [0.4, 0.5) is 0 Å². The number of fused-ring (bicyclic) bond motifs is 2. The van der Waals surface area contributed by atoms with E-state index in [2.05, 4.69) is 0 Å². The molecule has 0 amide bonds. The average Bonchev–Trinajstić information content (AvgIpc) is 2.72. The van der Waals surface area contributed by atoms with Crippen molar-refractivity contribution in [3.8, 4) is 5.75 Å². The lowest BCUT2D eigenvalue weighted by Crippen LogP contribution is -2.21. The van der Waals surface area contributed by atoms with Gasteiger partial charge in [0.25, 0.3) is 0 Å². The van der Waals surface area contributed by atoms with Crippen LogP contribution in [0.2, 0.25) is 0 Å². The lowest BCUT2D eigenvalue weighted by atomic mass is 10.0. The zero-order valence-corrected chi connectivity index (χ0v) is 16.0. The molecule has 6 nitrogen and oxygen atoms in total. The largest absolute Gasteiger partial charge is 0.423 e.